The van der Waals surface area contributed by atoms with E-state index < -0.39 is 11.7 Å². The lowest BCUT2D eigenvalue weighted by atomic mass is 10.3. The molecule has 2 aromatic heterocycles. The number of carbonyl (C=O) groups excluding carboxylic acids is 2. The van der Waals surface area contributed by atoms with Crippen molar-refractivity contribution in [2.75, 3.05) is 18.9 Å². The van der Waals surface area contributed by atoms with Gasteiger partial charge in [-0.1, -0.05) is 12.1 Å². The van der Waals surface area contributed by atoms with Gasteiger partial charge in [0.15, 0.2) is 0 Å². The van der Waals surface area contributed by atoms with Crippen molar-refractivity contribution in [1.82, 2.24) is 9.88 Å². The minimum atomic E-state index is -0.436. The monoisotopic (exact) mass is 389 g/mol. The van der Waals surface area contributed by atoms with Crippen molar-refractivity contribution in [3.05, 3.63) is 58.2 Å². The number of likely N-dealkylation sites (N-methyl/N-ethyl adjacent to an activating group) is 1. The Morgan fingerprint density at radius 2 is 2.08 bits per heavy atom. The molecule has 3 rings (SSSR count). The fraction of sp³-hybridized carbons (Fsp3) is 0.167. The first-order chi connectivity index (χ1) is 12.4. The Morgan fingerprint density at radius 3 is 2.77 bits per heavy atom. The van der Waals surface area contributed by atoms with Crippen LogP contribution in [0.4, 0.5) is 10.1 Å². The van der Waals surface area contributed by atoms with Crippen LogP contribution < -0.4 is 5.32 Å². The van der Waals surface area contributed by atoms with Crippen molar-refractivity contribution in [2.24, 2.45) is 0 Å². The van der Waals surface area contributed by atoms with Gasteiger partial charge in [-0.15, -0.1) is 22.7 Å². The molecule has 1 aromatic carbocycles. The zero-order chi connectivity index (χ0) is 18.7. The fourth-order valence-corrected chi connectivity index (χ4v) is 4.19. The van der Waals surface area contributed by atoms with Crippen molar-refractivity contribution in [1.29, 1.82) is 0 Å². The number of aromatic nitrogens is 1. The summed E-state index contributed by atoms with van der Waals surface area (Å²) < 4.78 is 13.2. The molecule has 26 heavy (non-hydrogen) atoms. The summed E-state index contributed by atoms with van der Waals surface area (Å²) in [4.78, 5) is 32.1. The van der Waals surface area contributed by atoms with Crippen molar-refractivity contribution < 1.29 is 14.0 Å². The zero-order valence-corrected chi connectivity index (χ0v) is 15.8. The molecule has 0 aliphatic rings. The molecule has 5 nitrogen and oxygen atoms in total. The standard InChI is InChI=1S/C18H16FN3O2S2/c1-11-16(26-17(20-11)14-7-4-8-25-14)18(24)22(2)10-15(23)21-13-6-3-5-12(19)9-13/h3-9H,10H2,1-2H3,(H,21,23). The number of thiazole rings is 1. The number of hydrogen-bond donors (Lipinski definition) is 1. The summed E-state index contributed by atoms with van der Waals surface area (Å²) in [6.07, 6.45) is 0. The zero-order valence-electron chi connectivity index (χ0n) is 14.2. The largest absolute Gasteiger partial charge is 0.332 e. The molecule has 3 aromatic rings. The van der Waals surface area contributed by atoms with E-state index >= 15 is 0 Å². The number of halogens is 1. The summed E-state index contributed by atoms with van der Waals surface area (Å²) >= 11 is 2.87. The third-order valence-corrected chi connectivity index (χ3v) is 5.74. The molecule has 0 bridgehead atoms. The quantitative estimate of drug-likeness (QED) is 0.717. The first-order valence-corrected chi connectivity index (χ1v) is 9.46. The highest BCUT2D eigenvalue weighted by atomic mass is 32.1. The molecule has 0 spiro atoms. The van der Waals surface area contributed by atoms with Gasteiger partial charge in [0.25, 0.3) is 5.91 Å². The SMILES string of the molecule is Cc1nc(-c2cccs2)sc1C(=O)N(C)CC(=O)Nc1cccc(F)c1. The number of carbonyl (C=O) groups is 2. The molecule has 134 valence electrons. The van der Waals surface area contributed by atoms with Crippen molar-refractivity contribution in [3.8, 4) is 9.88 Å². The van der Waals surface area contributed by atoms with Crippen LogP contribution in [0.5, 0.6) is 0 Å². The molecule has 0 aliphatic heterocycles. The number of anilines is 1. The maximum atomic E-state index is 13.2. The topological polar surface area (TPSA) is 62.3 Å². The fourth-order valence-electron chi connectivity index (χ4n) is 2.33. The lowest BCUT2D eigenvalue weighted by Crippen LogP contribution is -2.34. The lowest BCUT2D eigenvalue weighted by molar-refractivity contribution is -0.116. The molecule has 2 heterocycles. The molecule has 1 N–H and O–H groups in total. The maximum Gasteiger partial charge on any atom is 0.266 e. The second-order valence-corrected chi connectivity index (χ2v) is 7.58. The van der Waals surface area contributed by atoms with Gasteiger partial charge in [0, 0.05) is 12.7 Å². The van der Waals surface area contributed by atoms with Gasteiger partial charge >= 0.3 is 0 Å². The van der Waals surface area contributed by atoms with E-state index in [2.05, 4.69) is 10.3 Å². The molecule has 0 atom stereocenters. The smallest absolute Gasteiger partial charge is 0.266 e. The second-order valence-electron chi connectivity index (χ2n) is 5.63. The van der Waals surface area contributed by atoms with Gasteiger partial charge in [-0.25, -0.2) is 9.37 Å². The van der Waals surface area contributed by atoms with E-state index in [1.807, 2.05) is 17.5 Å². The summed E-state index contributed by atoms with van der Waals surface area (Å²) in [5.74, 6) is -1.10. The molecule has 8 heteroatoms. The summed E-state index contributed by atoms with van der Waals surface area (Å²) in [5, 5.41) is 5.32. The van der Waals surface area contributed by atoms with Crippen LogP contribution >= 0.6 is 22.7 Å². The molecule has 0 fully saturated rings. The van der Waals surface area contributed by atoms with Gasteiger partial charge in [-0.2, -0.15) is 0 Å². The molecular weight excluding hydrogens is 373 g/mol. The normalized spacial score (nSPS) is 10.6. The predicted molar refractivity (Wildman–Crippen MR) is 102 cm³/mol. The van der Waals surface area contributed by atoms with E-state index in [1.165, 1.54) is 34.4 Å². The number of aryl methyl sites for hydroxylation is 1. The van der Waals surface area contributed by atoms with Gasteiger partial charge in [-0.05, 0) is 36.6 Å². The summed E-state index contributed by atoms with van der Waals surface area (Å²) in [6, 6.07) is 9.49. The van der Waals surface area contributed by atoms with Crippen LogP contribution in [0.2, 0.25) is 0 Å². The summed E-state index contributed by atoms with van der Waals surface area (Å²) in [6.45, 7) is 1.64. The number of nitrogens with zero attached hydrogens (tertiary/aromatic N) is 2. The Balaban J connectivity index is 1.67. The maximum absolute atomic E-state index is 13.2. The number of hydrogen-bond acceptors (Lipinski definition) is 5. The van der Waals surface area contributed by atoms with Crippen molar-refractivity contribution in [2.45, 2.75) is 6.92 Å². The first-order valence-electron chi connectivity index (χ1n) is 7.76. The Kier molecular flexibility index (Phi) is 5.43. The predicted octanol–water partition coefficient (Wildman–Crippen LogP) is 4.03. The van der Waals surface area contributed by atoms with Crippen LogP contribution in [0, 0.1) is 12.7 Å². The number of thiophene rings is 1. The van der Waals surface area contributed by atoms with E-state index in [0.717, 1.165) is 9.88 Å². The molecule has 0 unspecified atom stereocenters. The van der Waals surface area contributed by atoms with Crippen molar-refractivity contribution in [3.63, 3.8) is 0 Å². The van der Waals surface area contributed by atoms with E-state index in [9.17, 15) is 14.0 Å². The van der Waals surface area contributed by atoms with Crippen molar-refractivity contribution >= 4 is 40.2 Å². The minimum absolute atomic E-state index is 0.138. The number of amides is 2. The van der Waals surface area contributed by atoms with Gasteiger partial charge in [0.2, 0.25) is 5.91 Å². The summed E-state index contributed by atoms with van der Waals surface area (Å²) in [5.41, 5.74) is 0.991. The van der Waals surface area contributed by atoms with Gasteiger partial charge in [-0.3, -0.25) is 9.59 Å². The Labute approximate surface area is 158 Å². The average Bonchev–Trinajstić information content (AvgIpc) is 3.23. The van der Waals surface area contributed by atoms with Gasteiger partial charge < -0.3 is 10.2 Å². The number of benzene rings is 1. The van der Waals surface area contributed by atoms with Crippen LogP contribution in [-0.2, 0) is 4.79 Å². The Hall–Kier alpha value is -2.58. The molecular formula is C18H16FN3O2S2. The average molecular weight is 389 g/mol. The van der Waals surface area contributed by atoms with Gasteiger partial charge in [0.1, 0.15) is 15.7 Å². The minimum Gasteiger partial charge on any atom is -0.332 e. The highest BCUT2D eigenvalue weighted by Gasteiger charge is 2.21. The van der Waals surface area contributed by atoms with Crippen LogP contribution in [0.15, 0.2) is 41.8 Å². The first kappa shape index (κ1) is 18.2. The molecule has 2 amide bonds. The summed E-state index contributed by atoms with van der Waals surface area (Å²) in [7, 11) is 1.55. The van der Waals surface area contributed by atoms with E-state index in [4.69, 9.17) is 0 Å². The number of rotatable bonds is 5. The van der Waals surface area contributed by atoms with Crippen LogP contribution in [-0.4, -0.2) is 35.3 Å². The Bertz CT molecular complexity index is 938. The highest BCUT2D eigenvalue weighted by Crippen LogP contribution is 2.31. The van der Waals surface area contributed by atoms with Crippen LogP contribution in [0.25, 0.3) is 9.88 Å². The number of nitrogens with one attached hydrogen (secondary N) is 1. The van der Waals surface area contributed by atoms with E-state index in [0.29, 0.717) is 16.3 Å². The highest BCUT2D eigenvalue weighted by molar-refractivity contribution is 7.22. The van der Waals surface area contributed by atoms with E-state index in [-0.39, 0.29) is 12.5 Å². The van der Waals surface area contributed by atoms with E-state index in [1.54, 1.807) is 31.4 Å². The van der Waals surface area contributed by atoms with Gasteiger partial charge in [0.05, 0.1) is 17.1 Å². The van der Waals surface area contributed by atoms with Crippen LogP contribution in [0.3, 0.4) is 0 Å². The third-order valence-electron chi connectivity index (χ3n) is 3.56. The van der Waals surface area contributed by atoms with Crippen LogP contribution in [0.1, 0.15) is 15.4 Å². The molecule has 0 saturated heterocycles. The molecule has 0 aliphatic carbocycles. The lowest BCUT2D eigenvalue weighted by Gasteiger charge is -2.16. The third kappa shape index (κ3) is 4.14. The molecule has 0 radical (unpaired) electrons. The Morgan fingerprint density at radius 1 is 1.27 bits per heavy atom. The molecule has 0 saturated carbocycles. The second kappa shape index (κ2) is 7.76.